The maximum Gasteiger partial charge on any atom is 0.238 e. The average Bonchev–Trinajstić information content (AvgIpc) is 3.22. The summed E-state index contributed by atoms with van der Waals surface area (Å²) in [5.74, 6) is 0.0310. The molecule has 1 spiro atoms. The van der Waals surface area contributed by atoms with E-state index in [-0.39, 0.29) is 18.3 Å². The predicted molar refractivity (Wildman–Crippen MR) is 94.8 cm³/mol. The smallest absolute Gasteiger partial charge is 0.238 e. The summed E-state index contributed by atoms with van der Waals surface area (Å²) in [6.07, 6.45) is 2.42. The van der Waals surface area contributed by atoms with Crippen LogP contribution in [0.25, 0.3) is 0 Å². The van der Waals surface area contributed by atoms with Crippen molar-refractivity contribution in [3.8, 4) is 0 Å². The van der Waals surface area contributed by atoms with Crippen molar-refractivity contribution in [2.24, 2.45) is 14.1 Å². The van der Waals surface area contributed by atoms with Crippen LogP contribution in [0.4, 0.5) is 17.1 Å². The number of nitrogens with zero attached hydrogens (tertiary/aromatic N) is 3. The van der Waals surface area contributed by atoms with E-state index in [2.05, 4.69) is 24.3 Å². The van der Waals surface area contributed by atoms with Crippen LogP contribution in [-0.4, -0.2) is 43.5 Å². The molecule has 3 heterocycles. The fraction of sp³-hybridized carbons (Fsp3) is 0.533. The van der Waals surface area contributed by atoms with Crippen molar-refractivity contribution < 1.29 is 4.79 Å². The zero-order valence-electron chi connectivity index (χ0n) is 12.7. The molecule has 6 nitrogen and oxygen atoms in total. The van der Waals surface area contributed by atoms with Crippen LogP contribution in [0.3, 0.4) is 0 Å². The van der Waals surface area contributed by atoms with Crippen molar-refractivity contribution in [1.29, 1.82) is 0 Å². The van der Waals surface area contributed by atoms with Crippen LogP contribution in [-0.2, 0) is 16.1 Å². The van der Waals surface area contributed by atoms with Crippen LogP contribution < -0.4 is 10.6 Å². The molecule has 2 saturated heterocycles. The van der Waals surface area contributed by atoms with E-state index in [9.17, 15) is 4.79 Å². The highest BCUT2D eigenvalue weighted by atomic mass is 35.5. The van der Waals surface area contributed by atoms with Gasteiger partial charge in [-0.1, -0.05) is 6.07 Å². The summed E-state index contributed by atoms with van der Waals surface area (Å²) in [6.45, 7) is 4.69. The molecule has 0 aliphatic carbocycles. The monoisotopic (exact) mass is 353 g/mol. The van der Waals surface area contributed by atoms with E-state index in [0.717, 1.165) is 43.2 Å². The third-order valence-electron chi connectivity index (χ3n) is 4.78. The quantitative estimate of drug-likeness (QED) is 0.890. The van der Waals surface area contributed by atoms with Gasteiger partial charge in [-0.25, -0.2) is 0 Å². The van der Waals surface area contributed by atoms with Gasteiger partial charge in [-0.15, -0.1) is 12.4 Å². The predicted octanol–water partition coefficient (Wildman–Crippen LogP) is 2.46. The van der Waals surface area contributed by atoms with Crippen LogP contribution >= 0.6 is 12.4 Å². The Balaban J connectivity index is 0.00000156. The zero-order chi connectivity index (χ0) is 15.0. The molecule has 1 aromatic rings. The van der Waals surface area contributed by atoms with Gasteiger partial charge in [-0.2, -0.15) is 8.73 Å². The van der Waals surface area contributed by atoms with Crippen molar-refractivity contribution in [3.63, 3.8) is 0 Å². The Morgan fingerprint density at radius 3 is 3.13 bits per heavy atom. The van der Waals surface area contributed by atoms with Crippen LogP contribution in [0.2, 0.25) is 0 Å². The van der Waals surface area contributed by atoms with Gasteiger partial charge in [0.05, 0.1) is 23.6 Å². The molecule has 1 aromatic carbocycles. The number of hydrogen-bond donors (Lipinski definition) is 2. The minimum absolute atomic E-state index is 0. The first-order chi connectivity index (χ1) is 10.7. The van der Waals surface area contributed by atoms with Gasteiger partial charge in [0.1, 0.15) is 11.4 Å². The van der Waals surface area contributed by atoms with Crippen molar-refractivity contribution in [2.75, 3.05) is 38.0 Å². The van der Waals surface area contributed by atoms with Crippen molar-refractivity contribution in [1.82, 2.24) is 10.2 Å². The molecular formula is C15H20ClN5OS. The Kier molecular flexibility index (Phi) is 4.82. The van der Waals surface area contributed by atoms with Gasteiger partial charge >= 0.3 is 0 Å². The van der Waals surface area contributed by atoms with Gasteiger partial charge in [-0.05, 0) is 43.5 Å². The molecule has 1 unspecified atom stereocenters. The van der Waals surface area contributed by atoms with Crippen LogP contribution in [0.15, 0.2) is 26.9 Å². The highest BCUT2D eigenvalue weighted by Gasteiger charge is 2.40. The lowest BCUT2D eigenvalue weighted by Crippen LogP contribution is -2.34. The minimum Gasteiger partial charge on any atom is -0.323 e. The average molecular weight is 354 g/mol. The number of amides is 1. The van der Waals surface area contributed by atoms with Gasteiger partial charge in [0.25, 0.3) is 0 Å². The molecule has 8 heteroatoms. The maximum absolute atomic E-state index is 12.3. The molecule has 0 aromatic heterocycles. The number of halogens is 1. The number of likely N-dealkylation sites (tertiary alicyclic amines) is 1. The fourth-order valence-electron chi connectivity index (χ4n) is 3.61. The molecular weight excluding hydrogens is 334 g/mol. The van der Waals surface area contributed by atoms with Crippen molar-refractivity contribution >= 4 is 46.7 Å². The molecule has 124 valence electrons. The summed E-state index contributed by atoms with van der Waals surface area (Å²) >= 11 is 1.17. The zero-order valence-corrected chi connectivity index (χ0v) is 14.4. The van der Waals surface area contributed by atoms with Crippen molar-refractivity contribution in [2.45, 2.75) is 12.8 Å². The standard InChI is InChI=1S/C15H19N5OS.ClH/c21-13(8-20-7-5-15(10-20)4-6-16-9-15)17-11-2-1-3-12-14(11)19-22-18-12;/h1-3,16H,4-10H2,(H,17,21);1H. The molecule has 2 fully saturated rings. The number of anilines is 1. The molecule has 4 rings (SSSR count). The molecule has 2 N–H and O–H groups in total. The second-order valence-electron chi connectivity index (χ2n) is 6.37. The molecule has 0 bridgehead atoms. The summed E-state index contributed by atoms with van der Waals surface area (Å²) in [6, 6.07) is 5.69. The number of nitrogens with one attached hydrogen (secondary N) is 2. The summed E-state index contributed by atoms with van der Waals surface area (Å²) in [5, 5.41) is 6.43. The highest BCUT2D eigenvalue weighted by molar-refractivity contribution is 7.58. The van der Waals surface area contributed by atoms with E-state index in [4.69, 9.17) is 0 Å². The Morgan fingerprint density at radius 2 is 2.30 bits per heavy atom. The summed E-state index contributed by atoms with van der Waals surface area (Å²) in [7, 11) is 0. The number of carbonyl (C=O) groups is 1. The fourth-order valence-corrected chi connectivity index (χ4v) is 4.16. The molecule has 1 atom stereocenters. The maximum atomic E-state index is 12.3. The SMILES string of the molecule is Cl.O=C(CN1CCC2(CCNC2)C1)Nc1cccc2c1N=S=N2. The van der Waals surface area contributed by atoms with Gasteiger partial charge in [0.15, 0.2) is 0 Å². The Hall–Kier alpha value is -1.28. The molecule has 1 amide bonds. The topological polar surface area (TPSA) is 69.1 Å². The van der Waals surface area contributed by atoms with E-state index in [0.29, 0.717) is 12.0 Å². The highest BCUT2D eigenvalue weighted by Crippen LogP contribution is 2.38. The second-order valence-corrected chi connectivity index (χ2v) is 6.90. The summed E-state index contributed by atoms with van der Waals surface area (Å²) in [5.41, 5.74) is 2.77. The number of hydrogen-bond acceptors (Lipinski definition) is 5. The van der Waals surface area contributed by atoms with Gasteiger partial charge < -0.3 is 10.6 Å². The van der Waals surface area contributed by atoms with Crippen LogP contribution in [0.5, 0.6) is 0 Å². The van der Waals surface area contributed by atoms with Gasteiger partial charge in [0.2, 0.25) is 5.91 Å². The number of rotatable bonds is 3. The number of fused-ring (bicyclic) bond motifs is 1. The van der Waals surface area contributed by atoms with E-state index in [1.165, 1.54) is 24.2 Å². The Morgan fingerprint density at radius 1 is 1.39 bits per heavy atom. The lowest BCUT2D eigenvalue weighted by molar-refractivity contribution is -0.117. The summed E-state index contributed by atoms with van der Waals surface area (Å²) < 4.78 is 8.46. The summed E-state index contributed by atoms with van der Waals surface area (Å²) in [4.78, 5) is 14.6. The molecule has 0 saturated carbocycles. The molecule has 0 radical (unpaired) electrons. The van der Waals surface area contributed by atoms with Gasteiger partial charge in [0, 0.05) is 13.1 Å². The number of carbonyl (C=O) groups excluding carboxylic acids is 1. The normalized spacial score (nSPS) is 25.2. The third kappa shape index (κ3) is 3.33. The van der Waals surface area contributed by atoms with Crippen LogP contribution in [0.1, 0.15) is 12.8 Å². The van der Waals surface area contributed by atoms with E-state index >= 15 is 0 Å². The Labute approximate surface area is 145 Å². The first-order valence-electron chi connectivity index (χ1n) is 7.68. The largest absolute Gasteiger partial charge is 0.323 e. The van der Waals surface area contributed by atoms with E-state index < -0.39 is 0 Å². The lowest BCUT2D eigenvalue weighted by atomic mass is 9.87. The lowest BCUT2D eigenvalue weighted by Gasteiger charge is -2.22. The number of benzene rings is 1. The third-order valence-corrected chi connectivity index (χ3v) is 5.32. The van der Waals surface area contributed by atoms with Gasteiger partial charge in [-0.3, -0.25) is 9.69 Å². The molecule has 3 aliphatic rings. The van der Waals surface area contributed by atoms with Crippen molar-refractivity contribution in [3.05, 3.63) is 18.2 Å². The Bertz CT molecular complexity index is 682. The minimum atomic E-state index is 0. The van der Waals surface area contributed by atoms with E-state index in [1.54, 1.807) is 0 Å². The molecule has 3 aliphatic heterocycles. The first kappa shape index (κ1) is 16.6. The van der Waals surface area contributed by atoms with E-state index in [1.807, 2.05) is 18.2 Å². The second kappa shape index (κ2) is 6.68. The first-order valence-corrected chi connectivity index (χ1v) is 8.41. The van der Waals surface area contributed by atoms with Crippen LogP contribution in [0, 0.1) is 5.41 Å². The molecule has 23 heavy (non-hydrogen) atoms.